The van der Waals surface area contributed by atoms with Crippen molar-refractivity contribution in [1.29, 1.82) is 0 Å². The zero-order chi connectivity index (χ0) is 17.0. The van der Waals surface area contributed by atoms with Gasteiger partial charge >= 0.3 is 11.9 Å². The first-order valence-corrected chi connectivity index (χ1v) is 6.78. The molecule has 1 aliphatic carbocycles. The predicted octanol–water partition coefficient (Wildman–Crippen LogP) is 2.74. The summed E-state index contributed by atoms with van der Waals surface area (Å²) in [6, 6.07) is 0. The summed E-state index contributed by atoms with van der Waals surface area (Å²) in [4.78, 5) is 22.6. The van der Waals surface area contributed by atoms with Gasteiger partial charge in [-0.3, -0.25) is 9.59 Å². The highest BCUT2D eigenvalue weighted by Crippen LogP contribution is 2.26. The van der Waals surface area contributed by atoms with Gasteiger partial charge in [-0.15, -0.1) is 19.4 Å². The summed E-state index contributed by atoms with van der Waals surface area (Å²) in [7, 11) is 2.81. The predicted molar refractivity (Wildman–Crippen MR) is 83.3 cm³/mol. The van der Waals surface area contributed by atoms with Gasteiger partial charge in [0, 0.05) is 0 Å². The normalized spacial score (nSPS) is 16.1. The van der Waals surface area contributed by atoms with Gasteiger partial charge in [0.2, 0.25) is 0 Å². The van der Waals surface area contributed by atoms with Crippen LogP contribution in [0.4, 0.5) is 0 Å². The van der Waals surface area contributed by atoms with Crippen LogP contribution in [-0.2, 0) is 23.8 Å². The van der Waals surface area contributed by atoms with Crippen LogP contribution in [0.5, 0.6) is 0 Å². The number of carbonyl (C=O) groups excluding carboxylic acids is 2. The topological polar surface area (TPSA) is 61.8 Å². The Kier molecular flexibility index (Phi) is 9.95. The second-order valence-electron chi connectivity index (χ2n) is 4.37. The summed E-state index contributed by atoms with van der Waals surface area (Å²) in [5, 5.41) is 0. The lowest BCUT2D eigenvalue weighted by Crippen LogP contribution is -2.13. The molecule has 5 nitrogen and oxygen atoms in total. The Hall–Kier alpha value is -2.48. The lowest BCUT2D eigenvalue weighted by molar-refractivity contribution is -0.146. The van der Waals surface area contributed by atoms with E-state index in [1.807, 2.05) is 18.2 Å². The molecule has 0 N–H and O–H groups in total. The van der Waals surface area contributed by atoms with Crippen LogP contribution in [0, 0.1) is 18.8 Å². The molecule has 5 heteroatoms. The molecule has 0 aromatic carbocycles. The Morgan fingerprint density at radius 3 is 2.45 bits per heavy atom. The molecule has 0 aromatic heterocycles. The highest BCUT2D eigenvalue weighted by Gasteiger charge is 2.19. The highest BCUT2D eigenvalue weighted by molar-refractivity contribution is 5.78. The maximum atomic E-state index is 11.6. The smallest absolute Gasteiger partial charge is 0.311 e. The zero-order valence-corrected chi connectivity index (χ0v) is 13.0. The molecule has 22 heavy (non-hydrogen) atoms. The van der Waals surface area contributed by atoms with E-state index < -0.39 is 11.9 Å². The molecular formula is C17H22O5. The van der Waals surface area contributed by atoms with Crippen LogP contribution in [0.15, 0.2) is 36.3 Å². The summed E-state index contributed by atoms with van der Waals surface area (Å²) in [5.41, 5.74) is 0. The van der Waals surface area contributed by atoms with Crippen LogP contribution in [0.2, 0.25) is 0 Å². The van der Waals surface area contributed by atoms with E-state index in [1.165, 1.54) is 14.2 Å². The van der Waals surface area contributed by atoms with E-state index in [2.05, 4.69) is 24.2 Å². The van der Waals surface area contributed by atoms with Gasteiger partial charge in [0.25, 0.3) is 0 Å². The Morgan fingerprint density at radius 1 is 1.27 bits per heavy atom. The molecule has 1 unspecified atom stereocenters. The van der Waals surface area contributed by atoms with Gasteiger partial charge in [0.1, 0.15) is 0 Å². The first-order valence-electron chi connectivity index (χ1n) is 6.78. The van der Waals surface area contributed by atoms with Crippen molar-refractivity contribution in [2.75, 3.05) is 14.2 Å². The lowest BCUT2D eigenvalue weighted by atomic mass is 9.96. The Morgan fingerprint density at radius 2 is 1.91 bits per heavy atom. The maximum Gasteiger partial charge on any atom is 0.311 e. The van der Waals surface area contributed by atoms with E-state index in [9.17, 15) is 9.59 Å². The SMILES string of the molecule is C#C.C=CCC1C=C(OC)C(OC(=O)CCC(=O)OC)=CC1. The molecule has 0 fully saturated rings. The summed E-state index contributed by atoms with van der Waals surface area (Å²) >= 11 is 0. The molecule has 120 valence electrons. The van der Waals surface area contributed by atoms with Gasteiger partial charge in [-0.1, -0.05) is 6.08 Å². The van der Waals surface area contributed by atoms with Crippen LogP contribution < -0.4 is 0 Å². The van der Waals surface area contributed by atoms with Crippen molar-refractivity contribution < 1.29 is 23.8 Å². The van der Waals surface area contributed by atoms with Crippen molar-refractivity contribution in [3.8, 4) is 12.8 Å². The number of hydrogen-bond donors (Lipinski definition) is 0. The molecule has 0 spiro atoms. The quantitative estimate of drug-likeness (QED) is 0.411. The van der Waals surface area contributed by atoms with Crippen LogP contribution in [-0.4, -0.2) is 26.2 Å². The van der Waals surface area contributed by atoms with Crippen molar-refractivity contribution in [2.24, 2.45) is 5.92 Å². The molecule has 0 saturated carbocycles. The number of rotatable bonds is 7. The second-order valence-corrected chi connectivity index (χ2v) is 4.37. The first-order chi connectivity index (χ1) is 10.6. The highest BCUT2D eigenvalue weighted by atomic mass is 16.6. The summed E-state index contributed by atoms with van der Waals surface area (Å²) < 4.78 is 14.9. The van der Waals surface area contributed by atoms with Gasteiger partial charge in [0.05, 0.1) is 27.1 Å². The molecule has 0 radical (unpaired) electrons. The van der Waals surface area contributed by atoms with Gasteiger partial charge in [-0.25, -0.2) is 0 Å². The Balaban J connectivity index is 0.00000211. The van der Waals surface area contributed by atoms with E-state index in [4.69, 9.17) is 9.47 Å². The number of methoxy groups -OCH3 is 2. The zero-order valence-electron chi connectivity index (χ0n) is 13.0. The summed E-state index contributed by atoms with van der Waals surface area (Å²) in [6.07, 6.45) is 15.2. The molecule has 0 bridgehead atoms. The average molecular weight is 306 g/mol. The van der Waals surface area contributed by atoms with Crippen molar-refractivity contribution >= 4 is 11.9 Å². The third-order valence-electron chi connectivity index (χ3n) is 2.91. The standard InChI is InChI=1S/C15H20O5.C2H2/c1-4-5-11-6-7-12(13(10-11)18-2)20-15(17)9-8-14(16)19-3;1-2/h4,7,10-11H,1,5-6,8-9H2,2-3H3;1-2H. The molecule has 1 aliphatic rings. The molecule has 0 aliphatic heterocycles. The first kappa shape index (κ1) is 19.5. The number of carbonyl (C=O) groups is 2. The third-order valence-corrected chi connectivity index (χ3v) is 2.91. The monoisotopic (exact) mass is 306 g/mol. The Bertz CT molecular complexity index is 471. The minimum absolute atomic E-state index is 0.00767. The summed E-state index contributed by atoms with van der Waals surface area (Å²) in [6.45, 7) is 3.70. The Labute approximate surface area is 131 Å². The number of esters is 2. The minimum Gasteiger partial charge on any atom is -0.493 e. The molecule has 0 aromatic rings. The van der Waals surface area contributed by atoms with Crippen molar-refractivity contribution in [2.45, 2.75) is 25.7 Å². The molecule has 0 amide bonds. The van der Waals surface area contributed by atoms with E-state index >= 15 is 0 Å². The lowest BCUT2D eigenvalue weighted by Gasteiger charge is -2.19. The number of ether oxygens (including phenoxy) is 3. The van der Waals surface area contributed by atoms with Gasteiger partial charge in [0.15, 0.2) is 11.5 Å². The van der Waals surface area contributed by atoms with Crippen LogP contribution >= 0.6 is 0 Å². The summed E-state index contributed by atoms with van der Waals surface area (Å²) in [5.74, 6) is 0.331. The van der Waals surface area contributed by atoms with E-state index in [0.29, 0.717) is 17.4 Å². The molecule has 1 rings (SSSR count). The van der Waals surface area contributed by atoms with Gasteiger partial charge in [-0.2, -0.15) is 0 Å². The van der Waals surface area contributed by atoms with Crippen molar-refractivity contribution in [3.05, 3.63) is 36.3 Å². The minimum atomic E-state index is -0.480. The fourth-order valence-corrected chi connectivity index (χ4v) is 1.84. The van der Waals surface area contributed by atoms with Crippen LogP contribution in [0.1, 0.15) is 25.7 Å². The number of allylic oxidation sites excluding steroid dienone is 3. The molecule has 1 atom stereocenters. The third kappa shape index (κ3) is 6.80. The van der Waals surface area contributed by atoms with E-state index in [1.54, 1.807) is 0 Å². The number of terminal acetylenes is 1. The maximum absolute atomic E-state index is 11.6. The second kappa shape index (κ2) is 11.2. The van der Waals surface area contributed by atoms with Crippen LogP contribution in [0.25, 0.3) is 0 Å². The molecule has 0 saturated heterocycles. The fraction of sp³-hybridized carbons (Fsp3) is 0.412. The molecule has 0 heterocycles. The largest absolute Gasteiger partial charge is 0.493 e. The van der Waals surface area contributed by atoms with Gasteiger partial charge < -0.3 is 14.2 Å². The van der Waals surface area contributed by atoms with Crippen molar-refractivity contribution in [1.82, 2.24) is 0 Å². The van der Waals surface area contributed by atoms with Crippen molar-refractivity contribution in [3.63, 3.8) is 0 Å². The fourth-order valence-electron chi connectivity index (χ4n) is 1.84. The van der Waals surface area contributed by atoms with E-state index in [0.717, 1.165) is 12.8 Å². The van der Waals surface area contributed by atoms with Crippen LogP contribution in [0.3, 0.4) is 0 Å². The number of hydrogen-bond acceptors (Lipinski definition) is 5. The average Bonchev–Trinajstić information content (AvgIpc) is 2.56. The van der Waals surface area contributed by atoms with Gasteiger partial charge in [-0.05, 0) is 30.9 Å². The van der Waals surface area contributed by atoms with E-state index in [-0.39, 0.29) is 12.8 Å². The molecular weight excluding hydrogens is 284 g/mol.